The number of amidine groups is 1. The number of hydrogen-bond acceptors (Lipinski definition) is 5. The highest BCUT2D eigenvalue weighted by Gasteiger charge is 2.14. The molecule has 1 rings (SSSR count). The van der Waals surface area contributed by atoms with E-state index in [1.165, 1.54) is 0 Å². The quantitative estimate of drug-likeness (QED) is 0.183. The predicted molar refractivity (Wildman–Crippen MR) is 82.0 cm³/mol. The predicted octanol–water partition coefficient (Wildman–Crippen LogP) is 2.70. The van der Waals surface area contributed by atoms with E-state index in [0.29, 0.717) is 24.5 Å². The van der Waals surface area contributed by atoms with Gasteiger partial charge in [-0.25, -0.2) is 0 Å². The third kappa shape index (κ3) is 4.94. The van der Waals surface area contributed by atoms with Crippen LogP contribution in [0.1, 0.15) is 25.8 Å². The van der Waals surface area contributed by atoms with Crippen LogP contribution in [0.5, 0.6) is 5.75 Å². The highest BCUT2D eigenvalue weighted by molar-refractivity contribution is 7.99. The van der Waals surface area contributed by atoms with Gasteiger partial charge >= 0.3 is 0 Å². The minimum absolute atomic E-state index is 0.0611. The lowest BCUT2D eigenvalue weighted by Gasteiger charge is -2.14. The van der Waals surface area contributed by atoms with Gasteiger partial charge in [0.05, 0.1) is 12.2 Å². The van der Waals surface area contributed by atoms with Gasteiger partial charge in [0, 0.05) is 11.5 Å². The van der Waals surface area contributed by atoms with Gasteiger partial charge in [-0.3, -0.25) is 0 Å². The van der Waals surface area contributed by atoms with Crippen LogP contribution in [-0.2, 0) is 4.74 Å². The zero-order valence-corrected chi connectivity index (χ0v) is 12.8. The van der Waals surface area contributed by atoms with E-state index in [1.807, 2.05) is 25.1 Å². The topological polar surface area (TPSA) is 77.1 Å². The molecular formula is C14H22N2O3S. The largest absolute Gasteiger partial charge is 0.490 e. The van der Waals surface area contributed by atoms with Crippen LogP contribution in [0, 0.1) is 0 Å². The molecule has 0 aliphatic rings. The summed E-state index contributed by atoms with van der Waals surface area (Å²) in [5.41, 5.74) is 6.39. The smallest absolute Gasteiger partial charge is 0.174 e. The van der Waals surface area contributed by atoms with E-state index in [-0.39, 0.29) is 5.84 Å². The van der Waals surface area contributed by atoms with Crippen LogP contribution < -0.4 is 10.5 Å². The van der Waals surface area contributed by atoms with Crippen molar-refractivity contribution in [2.24, 2.45) is 10.9 Å². The summed E-state index contributed by atoms with van der Waals surface area (Å²) in [5.74, 6) is 1.57. The molecule has 20 heavy (non-hydrogen) atoms. The third-order valence-corrected chi connectivity index (χ3v) is 3.43. The Bertz CT molecular complexity index is 438. The van der Waals surface area contributed by atoms with E-state index in [4.69, 9.17) is 20.4 Å². The average molecular weight is 298 g/mol. The second-order valence-corrected chi connectivity index (χ2v) is 5.31. The van der Waals surface area contributed by atoms with Crippen LogP contribution in [0.15, 0.2) is 28.3 Å². The van der Waals surface area contributed by atoms with Crippen molar-refractivity contribution < 1.29 is 14.7 Å². The summed E-state index contributed by atoms with van der Waals surface area (Å²) < 4.78 is 11.1. The molecule has 0 heterocycles. The molecule has 0 bridgehead atoms. The van der Waals surface area contributed by atoms with Crippen LogP contribution in [0.3, 0.4) is 0 Å². The summed E-state index contributed by atoms with van der Waals surface area (Å²) in [6.45, 7) is 5.79. The van der Waals surface area contributed by atoms with Crippen molar-refractivity contribution in [3.8, 4) is 5.75 Å². The molecule has 0 spiro atoms. The number of nitrogens with zero attached hydrogens (tertiary/aromatic N) is 1. The Kier molecular flexibility index (Phi) is 7.91. The SMILES string of the molecule is CCCOCCOc1cccc(SCC)c1/C(N)=N/O. The summed E-state index contributed by atoms with van der Waals surface area (Å²) in [6.07, 6.45) is 0.984. The van der Waals surface area contributed by atoms with Crippen molar-refractivity contribution in [2.75, 3.05) is 25.6 Å². The zero-order chi connectivity index (χ0) is 14.8. The molecule has 1 aromatic rings. The Morgan fingerprint density at radius 2 is 2.10 bits per heavy atom. The highest BCUT2D eigenvalue weighted by Crippen LogP contribution is 2.30. The van der Waals surface area contributed by atoms with Crippen molar-refractivity contribution in [1.82, 2.24) is 0 Å². The molecule has 0 fully saturated rings. The molecule has 1 aromatic carbocycles. The number of oxime groups is 1. The van der Waals surface area contributed by atoms with Crippen molar-refractivity contribution >= 4 is 17.6 Å². The normalized spacial score (nSPS) is 11.6. The van der Waals surface area contributed by atoms with Crippen molar-refractivity contribution in [2.45, 2.75) is 25.2 Å². The number of ether oxygens (including phenoxy) is 2. The van der Waals surface area contributed by atoms with E-state index in [2.05, 4.69) is 12.1 Å². The first kappa shape index (κ1) is 16.7. The number of benzene rings is 1. The Hall–Kier alpha value is -1.40. The van der Waals surface area contributed by atoms with E-state index >= 15 is 0 Å². The van der Waals surface area contributed by atoms with Crippen LogP contribution in [0.4, 0.5) is 0 Å². The summed E-state index contributed by atoms with van der Waals surface area (Å²) in [4.78, 5) is 0.940. The summed E-state index contributed by atoms with van der Waals surface area (Å²) in [7, 11) is 0. The van der Waals surface area contributed by atoms with Gasteiger partial charge in [-0.1, -0.05) is 25.1 Å². The molecule has 0 saturated heterocycles. The Morgan fingerprint density at radius 3 is 2.75 bits per heavy atom. The molecule has 0 radical (unpaired) electrons. The fraction of sp³-hybridized carbons (Fsp3) is 0.500. The van der Waals surface area contributed by atoms with Gasteiger partial charge in [-0.15, -0.1) is 11.8 Å². The first-order valence-corrected chi connectivity index (χ1v) is 7.67. The molecule has 0 aromatic heterocycles. The molecule has 0 aliphatic carbocycles. The summed E-state index contributed by atoms with van der Waals surface area (Å²) >= 11 is 1.62. The molecule has 3 N–H and O–H groups in total. The van der Waals surface area contributed by atoms with Gasteiger partial charge in [-0.05, 0) is 24.3 Å². The lowest BCUT2D eigenvalue weighted by atomic mass is 10.2. The monoisotopic (exact) mass is 298 g/mol. The lowest BCUT2D eigenvalue weighted by molar-refractivity contribution is 0.100. The Labute approximate surface area is 124 Å². The molecule has 0 amide bonds. The third-order valence-electron chi connectivity index (χ3n) is 2.49. The number of thioether (sulfide) groups is 1. The summed E-state index contributed by atoms with van der Waals surface area (Å²) in [6, 6.07) is 5.64. The second-order valence-electron chi connectivity index (χ2n) is 4.01. The molecule has 6 heteroatoms. The van der Waals surface area contributed by atoms with E-state index < -0.39 is 0 Å². The van der Waals surface area contributed by atoms with E-state index in [9.17, 15) is 0 Å². The minimum Gasteiger partial charge on any atom is -0.490 e. The standard InChI is InChI=1S/C14H22N2O3S/c1-3-8-18-9-10-19-11-6-5-7-12(20-4-2)13(11)14(15)16-17/h5-7,17H,3-4,8-10H2,1-2H3,(H2,15,16). The van der Waals surface area contributed by atoms with Crippen LogP contribution >= 0.6 is 11.8 Å². The Morgan fingerprint density at radius 1 is 1.30 bits per heavy atom. The molecule has 112 valence electrons. The fourth-order valence-electron chi connectivity index (χ4n) is 1.67. The Balaban J connectivity index is 2.80. The molecule has 5 nitrogen and oxygen atoms in total. The van der Waals surface area contributed by atoms with Gasteiger partial charge in [-0.2, -0.15) is 0 Å². The van der Waals surface area contributed by atoms with Gasteiger partial charge < -0.3 is 20.4 Å². The number of hydrogen-bond donors (Lipinski definition) is 2. The molecule has 0 saturated carbocycles. The molecule has 0 atom stereocenters. The number of nitrogens with two attached hydrogens (primary N) is 1. The average Bonchev–Trinajstić information content (AvgIpc) is 2.47. The van der Waals surface area contributed by atoms with Crippen molar-refractivity contribution in [1.29, 1.82) is 0 Å². The van der Waals surface area contributed by atoms with Gasteiger partial charge in [0.2, 0.25) is 0 Å². The first-order valence-electron chi connectivity index (χ1n) is 6.68. The van der Waals surface area contributed by atoms with Gasteiger partial charge in [0.1, 0.15) is 12.4 Å². The fourth-order valence-corrected chi connectivity index (χ4v) is 2.50. The van der Waals surface area contributed by atoms with E-state index in [0.717, 1.165) is 23.7 Å². The van der Waals surface area contributed by atoms with Crippen molar-refractivity contribution in [3.63, 3.8) is 0 Å². The second kappa shape index (κ2) is 9.50. The van der Waals surface area contributed by atoms with Crippen LogP contribution in [0.25, 0.3) is 0 Å². The van der Waals surface area contributed by atoms with Crippen LogP contribution in [-0.4, -0.2) is 36.6 Å². The van der Waals surface area contributed by atoms with Crippen molar-refractivity contribution in [3.05, 3.63) is 23.8 Å². The highest BCUT2D eigenvalue weighted by atomic mass is 32.2. The number of rotatable bonds is 9. The molecule has 0 unspecified atom stereocenters. The van der Waals surface area contributed by atoms with Gasteiger partial charge in [0.25, 0.3) is 0 Å². The maximum absolute atomic E-state index is 8.92. The van der Waals surface area contributed by atoms with E-state index in [1.54, 1.807) is 11.8 Å². The van der Waals surface area contributed by atoms with Gasteiger partial charge in [0.15, 0.2) is 5.84 Å². The maximum Gasteiger partial charge on any atom is 0.174 e. The molecule has 0 aliphatic heterocycles. The van der Waals surface area contributed by atoms with Crippen LogP contribution in [0.2, 0.25) is 0 Å². The summed E-state index contributed by atoms with van der Waals surface area (Å²) in [5, 5.41) is 12.0. The lowest BCUT2D eigenvalue weighted by Crippen LogP contribution is -2.17. The minimum atomic E-state index is 0.0611. The zero-order valence-electron chi connectivity index (χ0n) is 12.0. The first-order chi connectivity index (χ1) is 9.74. The maximum atomic E-state index is 8.92. The molecular weight excluding hydrogens is 276 g/mol.